The minimum Gasteiger partial charge on any atom is -0.387 e. The SMILES string of the molecule is CC(O)c1cc2n(n1)CCCN(C(=O)C1CCS(=O)(=O)CC1)C2. The third-order valence-electron chi connectivity index (χ3n) is 4.68. The molecule has 2 aliphatic heterocycles. The van der Waals surface area contributed by atoms with Crippen LogP contribution in [0.2, 0.25) is 0 Å². The highest BCUT2D eigenvalue weighted by molar-refractivity contribution is 7.91. The number of aliphatic hydroxyl groups excluding tert-OH is 1. The van der Waals surface area contributed by atoms with E-state index in [0.29, 0.717) is 31.6 Å². The highest BCUT2D eigenvalue weighted by Gasteiger charge is 2.32. The van der Waals surface area contributed by atoms with Crippen molar-refractivity contribution in [2.45, 2.75) is 45.4 Å². The fourth-order valence-electron chi connectivity index (χ4n) is 3.27. The molecule has 7 nitrogen and oxygen atoms in total. The number of sulfone groups is 1. The average molecular weight is 341 g/mol. The molecule has 3 heterocycles. The molecular weight excluding hydrogens is 318 g/mol. The van der Waals surface area contributed by atoms with Crippen molar-refractivity contribution in [1.29, 1.82) is 0 Å². The number of hydrogen-bond acceptors (Lipinski definition) is 5. The fraction of sp³-hybridized carbons (Fsp3) is 0.733. The van der Waals surface area contributed by atoms with Crippen LogP contribution in [0.3, 0.4) is 0 Å². The first-order valence-corrected chi connectivity index (χ1v) is 9.92. The summed E-state index contributed by atoms with van der Waals surface area (Å²) in [4.78, 5) is 14.5. The average Bonchev–Trinajstić information content (AvgIpc) is 2.79. The molecule has 3 rings (SSSR count). The molecule has 1 amide bonds. The molecule has 1 fully saturated rings. The van der Waals surface area contributed by atoms with E-state index in [1.165, 1.54) is 0 Å². The van der Waals surface area contributed by atoms with Crippen LogP contribution in [-0.2, 0) is 27.7 Å². The van der Waals surface area contributed by atoms with E-state index >= 15 is 0 Å². The number of carbonyl (C=O) groups excluding carboxylic acids is 1. The first kappa shape index (κ1) is 16.4. The first-order chi connectivity index (χ1) is 10.9. The van der Waals surface area contributed by atoms with Gasteiger partial charge in [-0.25, -0.2) is 8.42 Å². The van der Waals surface area contributed by atoms with Crippen LogP contribution in [0.25, 0.3) is 0 Å². The number of aromatic nitrogens is 2. The van der Waals surface area contributed by atoms with E-state index in [-0.39, 0.29) is 23.3 Å². The molecule has 1 unspecified atom stereocenters. The lowest BCUT2D eigenvalue weighted by molar-refractivity contribution is -0.136. The van der Waals surface area contributed by atoms with Gasteiger partial charge in [0.15, 0.2) is 0 Å². The molecule has 23 heavy (non-hydrogen) atoms. The molecule has 1 aromatic heterocycles. The summed E-state index contributed by atoms with van der Waals surface area (Å²) in [6.45, 7) is 3.54. The number of carbonyl (C=O) groups is 1. The van der Waals surface area contributed by atoms with Crippen molar-refractivity contribution >= 4 is 15.7 Å². The van der Waals surface area contributed by atoms with Gasteiger partial charge in [0.05, 0.1) is 35.5 Å². The largest absolute Gasteiger partial charge is 0.387 e. The lowest BCUT2D eigenvalue weighted by atomic mass is 10.0. The Bertz CT molecular complexity index is 682. The van der Waals surface area contributed by atoms with Crippen LogP contribution >= 0.6 is 0 Å². The zero-order valence-electron chi connectivity index (χ0n) is 13.3. The number of nitrogens with zero attached hydrogens (tertiary/aromatic N) is 3. The normalized spacial score (nSPS) is 23.1. The molecular formula is C15H23N3O4S. The van der Waals surface area contributed by atoms with Crippen molar-refractivity contribution in [2.24, 2.45) is 5.92 Å². The Kier molecular flexibility index (Phi) is 4.46. The number of amides is 1. The summed E-state index contributed by atoms with van der Waals surface area (Å²) in [7, 11) is -2.95. The Hall–Kier alpha value is -1.41. The van der Waals surface area contributed by atoms with E-state index in [1.54, 1.807) is 6.92 Å². The number of aryl methyl sites for hydroxylation is 1. The molecule has 0 aromatic carbocycles. The molecule has 1 N–H and O–H groups in total. The second-order valence-electron chi connectivity index (χ2n) is 6.50. The molecule has 8 heteroatoms. The summed E-state index contributed by atoms with van der Waals surface area (Å²) >= 11 is 0. The summed E-state index contributed by atoms with van der Waals surface area (Å²) in [5.41, 5.74) is 1.55. The van der Waals surface area contributed by atoms with Gasteiger partial charge in [0.25, 0.3) is 0 Å². The Balaban J connectivity index is 1.71. The Morgan fingerprint density at radius 2 is 2.04 bits per heavy atom. The highest BCUT2D eigenvalue weighted by Crippen LogP contribution is 2.24. The summed E-state index contributed by atoms with van der Waals surface area (Å²) < 4.78 is 24.9. The van der Waals surface area contributed by atoms with E-state index in [1.807, 2.05) is 15.6 Å². The smallest absolute Gasteiger partial charge is 0.226 e. The molecule has 0 aliphatic carbocycles. The molecule has 1 saturated heterocycles. The van der Waals surface area contributed by atoms with Crippen LogP contribution in [0.15, 0.2) is 6.07 Å². The Morgan fingerprint density at radius 3 is 2.70 bits per heavy atom. The summed E-state index contributed by atoms with van der Waals surface area (Å²) in [6, 6.07) is 1.85. The van der Waals surface area contributed by atoms with Crippen molar-refractivity contribution in [3.05, 3.63) is 17.5 Å². The molecule has 1 atom stereocenters. The minimum absolute atomic E-state index is 0.0492. The van der Waals surface area contributed by atoms with Gasteiger partial charge >= 0.3 is 0 Å². The molecule has 1 aromatic rings. The second kappa shape index (κ2) is 6.24. The lowest BCUT2D eigenvalue weighted by Crippen LogP contribution is -2.39. The van der Waals surface area contributed by atoms with E-state index in [9.17, 15) is 18.3 Å². The van der Waals surface area contributed by atoms with Crippen LogP contribution in [0.1, 0.15) is 43.7 Å². The zero-order chi connectivity index (χ0) is 16.6. The maximum Gasteiger partial charge on any atom is 0.226 e. The van der Waals surface area contributed by atoms with Crippen LogP contribution in [0.5, 0.6) is 0 Å². The molecule has 0 saturated carbocycles. The molecule has 2 aliphatic rings. The van der Waals surface area contributed by atoms with E-state index in [0.717, 1.165) is 18.7 Å². The fourth-order valence-corrected chi connectivity index (χ4v) is 4.76. The Labute approximate surface area is 136 Å². The number of rotatable bonds is 2. The van der Waals surface area contributed by atoms with Gasteiger partial charge in [0, 0.05) is 19.0 Å². The summed E-state index contributed by atoms with van der Waals surface area (Å²) in [5, 5.41) is 14.0. The van der Waals surface area contributed by atoms with Crippen molar-refractivity contribution in [1.82, 2.24) is 14.7 Å². The van der Waals surface area contributed by atoms with Crippen LogP contribution in [0.4, 0.5) is 0 Å². The van der Waals surface area contributed by atoms with Gasteiger partial charge in [0.1, 0.15) is 9.84 Å². The summed E-state index contributed by atoms with van der Waals surface area (Å²) in [5.74, 6) is 0.0836. The van der Waals surface area contributed by atoms with Crippen molar-refractivity contribution in [3.63, 3.8) is 0 Å². The number of hydrogen-bond donors (Lipinski definition) is 1. The monoisotopic (exact) mass is 341 g/mol. The second-order valence-corrected chi connectivity index (χ2v) is 8.80. The van der Waals surface area contributed by atoms with E-state index in [4.69, 9.17) is 0 Å². The predicted octanol–water partition coefficient (Wildman–Crippen LogP) is 0.494. The topological polar surface area (TPSA) is 92.5 Å². The zero-order valence-corrected chi connectivity index (χ0v) is 14.1. The van der Waals surface area contributed by atoms with E-state index in [2.05, 4.69) is 5.10 Å². The lowest BCUT2D eigenvalue weighted by Gasteiger charge is -2.28. The third-order valence-corrected chi connectivity index (χ3v) is 6.39. The Morgan fingerprint density at radius 1 is 1.35 bits per heavy atom. The number of fused-ring (bicyclic) bond motifs is 1. The molecule has 0 spiro atoms. The maximum atomic E-state index is 12.7. The van der Waals surface area contributed by atoms with Gasteiger partial charge in [-0.05, 0) is 32.3 Å². The van der Waals surface area contributed by atoms with Crippen molar-refractivity contribution in [3.8, 4) is 0 Å². The highest BCUT2D eigenvalue weighted by atomic mass is 32.2. The van der Waals surface area contributed by atoms with Gasteiger partial charge < -0.3 is 10.0 Å². The van der Waals surface area contributed by atoms with Crippen LogP contribution < -0.4 is 0 Å². The van der Waals surface area contributed by atoms with Gasteiger partial charge in [-0.2, -0.15) is 5.10 Å². The third kappa shape index (κ3) is 3.58. The van der Waals surface area contributed by atoms with Crippen LogP contribution in [-0.4, -0.2) is 52.2 Å². The van der Waals surface area contributed by atoms with E-state index < -0.39 is 15.9 Å². The number of aliphatic hydroxyl groups is 1. The van der Waals surface area contributed by atoms with Crippen molar-refractivity contribution in [2.75, 3.05) is 18.1 Å². The predicted molar refractivity (Wildman–Crippen MR) is 84.3 cm³/mol. The van der Waals surface area contributed by atoms with Crippen LogP contribution in [0, 0.1) is 5.92 Å². The summed E-state index contributed by atoms with van der Waals surface area (Å²) in [6.07, 6.45) is 1.04. The molecule has 0 bridgehead atoms. The standard InChI is InChI=1S/C15H23N3O4S/c1-11(19)14-9-13-10-17(5-2-6-18(13)16-14)15(20)12-3-7-23(21,22)8-4-12/h9,11-12,19H,2-8,10H2,1H3. The van der Waals surface area contributed by atoms with Gasteiger partial charge in [-0.3, -0.25) is 9.48 Å². The minimum atomic E-state index is -2.95. The van der Waals surface area contributed by atoms with Crippen molar-refractivity contribution < 1.29 is 18.3 Å². The first-order valence-electron chi connectivity index (χ1n) is 8.09. The van der Waals surface area contributed by atoms with Gasteiger partial charge in [-0.1, -0.05) is 0 Å². The quantitative estimate of drug-likeness (QED) is 0.845. The molecule has 0 radical (unpaired) electrons. The maximum absolute atomic E-state index is 12.7. The van der Waals surface area contributed by atoms with Gasteiger partial charge in [-0.15, -0.1) is 0 Å². The van der Waals surface area contributed by atoms with Gasteiger partial charge in [0.2, 0.25) is 5.91 Å². The molecule has 128 valence electrons.